The minimum absolute atomic E-state index is 0.0198. The topological polar surface area (TPSA) is 128 Å². The first-order valence-corrected chi connectivity index (χ1v) is 10.3. The summed E-state index contributed by atoms with van der Waals surface area (Å²) in [6, 6.07) is 7.13. The zero-order chi connectivity index (χ0) is 22.1. The van der Waals surface area contributed by atoms with E-state index in [1.165, 1.54) is 11.1 Å². The highest BCUT2D eigenvalue weighted by atomic mass is 32.2. The molecule has 0 fully saturated rings. The first kappa shape index (κ1) is 21.6. The van der Waals surface area contributed by atoms with Gasteiger partial charge in [0, 0.05) is 6.20 Å². The zero-order valence-corrected chi connectivity index (χ0v) is 17.9. The van der Waals surface area contributed by atoms with Crippen LogP contribution in [0.25, 0.3) is 0 Å². The largest absolute Gasteiger partial charge is 0.462 e. The van der Waals surface area contributed by atoms with Crippen LogP contribution in [0, 0.1) is 0 Å². The minimum Gasteiger partial charge on any atom is -0.462 e. The second-order valence-corrected chi connectivity index (χ2v) is 8.44. The molecular formula is C20H23N5O4S. The molecule has 3 N–H and O–H groups in total. The molecule has 0 saturated heterocycles. The maximum Gasteiger partial charge on any atom is 0.343 e. The molecule has 1 aliphatic heterocycles. The van der Waals surface area contributed by atoms with Gasteiger partial charge >= 0.3 is 5.97 Å². The van der Waals surface area contributed by atoms with Crippen molar-refractivity contribution in [3.05, 3.63) is 36.0 Å². The highest BCUT2D eigenvalue weighted by Gasteiger charge is 2.44. The number of esters is 1. The fourth-order valence-corrected chi connectivity index (χ4v) is 3.82. The Hall–Kier alpha value is -3.14. The quantitative estimate of drug-likeness (QED) is 0.421. The van der Waals surface area contributed by atoms with E-state index in [-0.39, 0.29) is 35.0 Å². The van der Waals surface area contributed by atoms with Crippen LogP contribution in [0.1, 0.15) is 38.1 Å². The Labute approximate surface area is 178 Å². The van der Waals surface area contributed by atoms with Gasteiger partial charge in [0.05, 0.1) is 23.2 Å². The van der Waals surface area contributed by atoms with Crippen molar-refractivity contribution < 1.29 is 19.1 Å². The third-order valence-corrected chi connectivity index (χ3v) is 5.61. The summed E-state index contributed by atoms with van der Waals surface area (Å²) in [6.07, 6.45) is 1.29. The average molecular weight is 430 g/mol. The summed E-state index contributed by atoms with van der Waals surface area (Å²) in [5.74, 6) is -1.17. The molecule has 0 unspecified atom stereocenters. The van der Waals surface area contributed by atoms with E-state index in [1.54, 1.807) is 45.9 Å². The summed E-state index contributed by atoms with van der Waals surface area (Å²) in [4.78, 5) is 47.5. The van der Waals surface area contributed by atoms with E-state index in [4.69, 9.17) is 10.5 Å². The van der Waals surface area contributed by atoms with Crippen LogP contribution >= 0.6 is 11.8 Å². The van der Waals surface area contributed by atoms with Crippen molar-refractivity contribution in [3.63, 3.8) is 0 Å². The average Bonchev–Trinajstić information content (AvgIpc) is 2.68. The van der Waals surface area contributed by atoms with Gasteiger partial charge in [-0.15, -0.1) is 0 Å². The lowest BCUT2D eigenvalue weighted by Gasteiger charge is -2.43. The molecule has 10 heteroatoms. The van der Waals surface area contributed by atoms with Crippen LogP contribution < -0.4 is 16.0 Å². The molecule has 2 heterocycles. The van der Waals surface area contributed by atoms with Crippen molar-refractivity contribution in [2.75, 3.05) is 22.6 Å². The maximum atomic E-state index is 13.3. The molecule has 2 aromatic rings. The van der Waals surface area contributed by atoms with E-state index in [1.807, 2.05) is 6.07 Å². The monoisotopic (exact) mass is 429 g/mol. The Morgan fingerprint density at radius 1 is 1.33 bits per heavy atom. The van der Waals surface area contributed by atoms with E-state index >= 15 is 0 Å². The second kappa shape index (κ2) is 8.31. The summed E-state index contributed by atoms with van der Waals surface area (Å²) in [5, 5.41) is 2.46. The predicted octanol–water partition coefficient (Wildman–Crippen LogP) is 2.48. The third kappa shape index (κ3) is 3.95. The molecule has 0 saturated carbocycles. The lowest BCUT2D eigenvalue weighted by molar-refractivity contribution is -0.126. The minimum atomic E-state index is -1.08. The molecule has 0 radical (unpaired) electrons. The summed E-state index contributed by atoms with van der Waals surface area (Å²) < 4.78 is 4.91. The lowest BCUT2D eigenvalue weighted by Crippen LogP contribution is -2.60. The number of fused-ring (bicyclic) bond motifs is 1. The molecule has 0 aliphatic carbocycles. The SMILES string of the molecule is CCOC(=O)c1cnc(S[C@H](C)C(=O)N2c3ccccc3NC(=O)C2(C)C)nc1N. The lowest BCUT2D eigenvalue weighted by atomic mass is 9.96. The van der Waals surface area contributed by atoms with Crippen molar-refractivity contribution in [3.8, 4) is 0 Å². The van der Waals surface area contributed by atoms with Gasteiger partial charge < -0.3 is 15.8 Å². The maximum absolute atomic E-state index is 13.3. The number of aromatic nitrogens is 2. The Morgan fingerprint density at radius 2 is 2.03 bits per heavy atom. The van der Waals surface area contributed by atoms with Gasteiger partial charge in [-0.3, -0.25) is 14.5 Å². The Kier molecular flexibility index (Phi) is 5.97. The Bertz CT molecular complexity index is 1010. The molecule has 1 aromatic heterocycles. The molecule has 1 atom stereocenters. The molecule has 0 spiro atoms. The van der Waals surface area contributed by atoms with Gasteiger partial charge in [0.15, 0.2) is 5.16 Å². The van der Waals surface area contributed by atoms with E-state index < -0.39 is 16.8 Å². The number of hydrogen-bond donors (Lipinski definition) is 2. The molecule has 0 bridgehead atoms. The number of thioether (sulfide) groups is 1. The smallest absolute Gasteiger partial charge is 0.343 e. The summed E-state index contributed by atoms with van der Waals surface area (Å²) >= 11 is 1.09. The van der Waals surface area contributed by atoms with Gasteiger partial charge in [-0.1, -0.05) is 23.9 Å². The number of hydrogen-bond acceptors (Lipinski definition) is 8. The van der Waals surface area contributed by atoms with Crippen LogP contribution in [0.2, 0.25) is 0 Å². The zero-order valence-electron chi connectivity index (χ0n) is 17.1. The number of carbonyl (C=O) groups excluding carboxylic acids is 3. The van der Waals surface area contributed by atoms with Crippen LogP contribution in [0.4, 0.5) is 17.2 Å². The molecule has 1 aromatic carbocycles. The number of para-hydroxylation sites is 2. The molecule has 2 amide bonds. The second-order valence-electron chi connectivity index (χ2n) is 7.14. The number of nitrogens with one attached hydrogen (secondary N) is 1. The van der Waals surface area contributed by atoms with Gasteiger partial charge in [0.1, 0.15) is 16.9 Å². The van der Waals surface area contributed by atoms with E-state index in [0.29, 0.717) is 11.4 Å². The van der Waals surface area contributed by atoms with Crippen molar-refractivity contribution in [1.29, 1.82) is 0 Å². The fraction of sp³-hybridized carbons (Fsp3) is 0.350. The first-order chi connectivity index (χ1) is 14.2. The van der Waals surface area contributed by atoms with Gasteiger partial charge in [-0.2, -0.15) is 0 Å². The number of nitrogens with zero attached hydrogens (tertiary/aromatic N) is 3. The summed E-state index contributed by atoms with van der Waals surface area (Å²) in [7, 11) is 0. The van der Waals surface area contributed by atoms with Gasteiger partial charge in [0.2, 0.25) is 11.8 Å². The molecular weight excluding hydrogens is 406 g/mol. The number of nitrogen functional groups attached to an aromatic ring is 1. The van der Waals surface area contributed by atoms with Crippen LogP contribution in [-0.4, -0.2) is 45.1 Å². The fourth-order valence-electron chi connectivity index (χ4n) is 3.04. The third-order valence-electron chi connectivity index (χ3n) is 4.65. The summed E-state index contributed by atoms with van der Waals surface area (Å²) in [6.45, 7) is 6.98. The molecule has 3 rings (SSSR count). The molecule has 158 valence electrons. The Balaban J connectivity index is 1.84. The van der Waals surface area contributed by atoms with Crippen molar-refractivity contribution in [1.82, 2.24) is 9.97 Å². The molecule has 1 aliphatic rings. The van der Waals surface area contributed by atoms with Crippen molar-refractivity contribution in [2.45, 2.75) is 43.6 Å². The van der Waals surface area contributed by atoms with Crippen LogP contribution in [0.3, 0.4) is 0 Å². The van der Waals surface area contributed by atoms with Gasteiger partial charge in [-0.25, -0.2) is 14.8 Å². The number of benzene rings is 1. The van der Waals surface area contributed by atoms with Crippen molar-refractivity contribution in [2.24, 2.45) is 0 Å². The van der Waals surface area contributed by atoms with Crippen molar-refractivity contribution >= 4 is 46.7 Å². The highest BCUT2D eigenvalue weighted by molar-refractivity contribution is 8.00. The van der Waals surface area contributed by atoms with Crippen LogP contribution in [0.5, 0.6) is 0 Å². The number of nitrogens with two attached hydrogens (primary N) is 1. The number of anilines is 3. The number of ether oxygens (including phenoxy) is 1. The van der Waals surface area contributed by atoms with E-state index in [0.717, 1.165) is 11.8 Å². The highest BCUT2D eigenvalue weighted by Crippen LogP contribution is 2.38. The molecule has 9 nitrogen and oxygen atoms in total. The van der Waals surface area contributed by atoms with E-state index in [9.17, 15) is 14.4 Å². The number of amides is 2. The van der Waals surface area contributed by atoms with E-state index in [2.05, 4.69) is 15.3 Å². The first-order valence-electron chi connectivity index (χ1n) is 9.37. The van der Waals surface area contributed by atoms with Gasteiger partial charge in [0.25, 0.3) is 0 Å². The van der Waals surface area contributed by atoms with Crippen LogP contribution in [-0.2, 0) is 14.3 Å². The standard InChI is InChI=1S/C20H23N5O4S/c1-5-29-17(27)12-10-22-19(24-15(12)21)30-11(2)16(26)25-14-9-7-6-8-13(14)23-18(28)20(25,3)4/h6-11H,5H2,1-4H3,(H,23,28)(H2,21,22,24)/t11-/m1/s1. The summed E-state index contributed by atoms with van der Waals surface area (Å²) in [5.41, 5.74) is 6.05. The predicted molar refractivity (Wildman–Crippen MR) is 114 cm³/mol. The normalized spacial score (nSPS) is 15.7. The molecule has 30 heavy (non-hydrogen) atoms. The Morgan fingerprint density at radius 3 is 2.70 bits per heavy atom. The van der Waals surface area contributed by atoms with Gasteiger partial charge in [-0.05, 0) is 39.8 Å². The van der Waals surface area contributed by atoms with Crippen LogP contribution in [0.15, 0.2) is 35.6 Å². The number of carbonyl (C=O) groups is 3. The number of rotatable bonds is 5.